The fraction of sp³-hybridized carbons (Fsp3) is 1.00. The van der Waals surface area contributed by atoms with E-state index in [4.69, 9.17) is 11.5 Å². The first-order chi connectivity index (χ1) is 6.30. The molecule has 14 heavy (non-hydrogen) atoms. The summed E-state index contributed by atoms with van der Waals surface area (Å²) < 4.78 is 0. The lowest BCUT2D eigenvalue weighted by Crippen LogP contribution is -2.36. The third kappa shape index (κ3) is 1.91. The molecule has 1 aliphatic heterocycles. The number of rotatable bonds is 3. The van der Waals surface area contributed by atoms with Crippen LogP contribution in [-0.4, -0.2) is 37.6 Å². The standard InChI is InChI=1S/C10H21N3.ClH/c11-4-5-13-6-9-2-1-3-10(9,7-12)8-13;/h9H,1-8,11-12H2;1H. The van der Waals surface area contributed by atoms with Gasteiger partial charge in [-0.25, -0.2) is 0 Å². The Labute approximate surface area is 92.6 Å². The number of hydrogen-bond acceptors (Lipinski definition) is 3. The van der Waals surface area contributed by atoms with Crippen molar-refractivity contribution in [3.63, 3.8) is 0 Å². The molecule has 2 atom stereocenters. The lowest BCUT2D eigenvalue weighted by atomic mass is 9.81. The van der Waals surface area contributed by atoms with Gasteiger partial charge in [0.2, 0.25) is 0 Å². The van der Waals surface area contributed by atoms with Crippen molar-refractivity contribution in [2.45, 2.75) is 19.3 Å². The molecule has 0 amide bonds. The Bertz CT molecular complexity index is 188. The van der Waals surface area contributed by atoms with Gasteiger partial charge in [0, 0.05) is 26.2 Å². The highest BCUT2D eigenvalue weighted by atomic mass is 35.5. The Morgan fingerprint density at radius 2 is 2.14 bits per heavy atom. The van der Waals surface area contributed by atoms with Gasteiger partial charge in [-0.2, -0.15) is 0 Å². The maximum Gasteiger partial charge on any atom is 0.0105 e. The summed E-state index contributed by atoms with van der Waals surface area (Å²) in [5, 5.41) is 0. The summed E-state index contributed by atoms with van der Waals surface area (Å²) in [5.74, 6) is 0.865. The van der Waals surface area contributed by atoms with Crippen LogP contribution in [0, 0.1) is 11.3 Å². The molecule has 2 rings (SSSR count). The van der Waals surface area contributed by atoms with E-state index in [2.05, 4.69) is 4.90 Å². The molecule has 3 nitrogen and oxygen atoms in total. The number of fused-ring (bicyclic) bond motifs is 1. The van der Waals surface area contributed by atoms with Gasteiger partial charge in [-0.05, 0) is 30.7 Å². The third-order valence-corrected chi connectivity index (χ3v) is 3.96. The fourth-order valence-corrected chi connectivity index (χ4v) is 3.21. The molecule has 1 saturated carbocycles. The van der Waals surface area contributed by atoms with Crippen LogP contribution in [0.25, 0.3) is 0 Å². The van der Waals surface area contributed by atoms with Crippen molar-refractivity contribution in [1.29, 1.82) is 0 Å². The van der Waals surface area contributed by atoms with E-state index in [1.54, 1.807) is 0 Å². The molecule has 1 heterocycles. The summed E-state index contributed by atoms with van der Waals surface area (Å²) in [7, 11) is 0. The van der Waals surface area contributed by atoms with Gasteiger partial charge in [0.25, 0.3) is 0 Å². The van der Waals surface area contributed by atoms with Crippen molar-refractivity contribution in [3.8, 4) is 0 Å². The molecule has 4 N–H and O–H groups in total. The van der Waals surface area contributed by atoms with Crippen LogP contribution in [-0.2, 0) is 0 Å². The summed E-state index contributed by atoms with van der Waals surface area (Å²) in [6, 6.07) is 0. The van der Waals surface area contributed by atoms with Crippen LogP contribution in [0.2, 0.25) is 0 Å². The average Bonchev–Trinajstić information content (AvgIpc) is 2.61. The first kappa shape index (κ1) is 12.2. The zero-order valence-corrected chi connectivity index (χ0v) is 9.56. The van der Waals surface area contributed by atoms with Crippen LogP contribution < -0.4 is 11.5 Å². The molecule has 0 bridgehead atoms. The van der Waals surface area contributed by atoms with E-state index in [9.17, 15) is 0 Å². The zero-order chi connectivity index (χ0) is 9.31. The number of likely N-dealkylation sites (tertiary alicyclic amines) is 1. The predicted molar refractivity (Wildman–Crippen MR) is 61.6 cm³/mol. The molecule has 2 aliphatic rings. The molecular weight excluding hydrogens is 198 g/mol. The largest absolute Gasteiger partial charge is 0.330 e. The number of nitrogens with two attached hydrogens (primary N) is 2. The van der Waals surface area contributed by atoms with Gasteiger partial charge in [0.05, 0.1) is 0 Å². The Morgan fingerprint density at radius 3 is 2.71 bits per heavy atom. The Kier molecular flexibility index (Phi) is 4.19. The first-order valence-electron chi connectivity index (χ1n) is 5.43. The number of halogens is 1. The van der Waals surface area contributed by atoms with Crippen molar-refractivity contribution in [1.82, 2.24) is 4.90 Å². The summed E-state index contributed by atoms with van der Waals surface area (Å²) in [6.07, 6.45) is 4.12. The first-order valence-corrected chi connectivity index (χ1v) is 5.43. The lowest BCUT2D eigenvalue weighted by Gasteiger charge is -2.26. The Morgan fingerprint density at radius 1 is 1.36 bits per heavy atom. The van der Waals surface area contributed by atoms with E-state index in [1.165, 1.54) is 32.4 Å². The predicted octanol–water partition coefficient (Wildman–Crippen LogP) is 0.428. The maximum absolute atomic E-state index is 5.91. The van der Waals surface area contributed by atoms with Crippen LogP contribution in [0.3, 0.4) is 0 Å². The third-order valence-electron chi connectivity index (χ3n) is 3.96. The van der Waals surface area contributed by atoms with E-state index in [1.807, 2.05) is 0 Å². The average molecular weight is 220 g/mol. The summed E-state index contributed by atoms with van der Waals surface area (Å²) in [4.78, 5) is 2.50. The second kappa shape index (κ2) is 4.79. The molecule has 0 aromatic heterocycles. The normalized spacial score (nSPS) is 36.9. The quantitative estimate of drug-likeness (QED) is 0.724. The number of nitrogens with zero attached hydrogens (tertiary/aromatic N) is 1. The molecule has 2 fully saturated rings. The van der Waals surface area contributed by atoms with E-state index < -0.39 is 0 Å². The smallest absolute Gasteiger partial charge is 0.0105 e. The maximum atomic E-state index is 5.91. The van der Waals surface area contributed by atoms with Crippen LogP contribution >= 0.6 is 12.4 Å². The van der Waals surface area contributed by atoms with Crippen molar-refractivity contribution in [3.05, 3.63) is 0 Å². The zero-order valence-electron chi connectivity index (χ0n) is 8.74. The molecule has 0 radical (unpaired) electrons. The molecule has 0 aromatic rings. The topological polar surface area (TPSA) is 55.3 Å². The fourth-order valence-electron chi connectivity index (χ4n) is 3.21. The summed E-state index contributed by atoms with van der Waals surface area (Å²) in [6.45, 7) is 5.16. The molecule has 84 valence electrons. The highest BCUT2D eigenvalue weighted by molar-refractivity contribution is 5.85. The van der Waals surface area contributed by atoms with Gasteiger partial charge in [0.15, 0.2) is 0 Å². The van der Waals surface area contributed by atoms with Gasteiger partial charge in [-0.1, -0.05) is 6.42 Å². The number of hydrogen-bond donors (Lipinski definition) is 2. The van der Waals surface area contributed by atoms with E-state index >= 15 is 0 Å². The van der Waals surface area contributed by atoms with Crippen molar-refractivity contribution >= 4 is 12.4 Å². The van der Waals surface area contributed by atoms with E-state index in [0.29, 0.717) is 5.41 Å². The van der Waals surface area contributed by atoms with Crippen molar-refractivity contribution < 1.29 is 0 Å². The van der Waals surface area contributed by atoms with Crippen LogP contribution in [0.1, 0.15) is 19.3 Å². The molecule has 1 saturated heterocycles. The van der Waals surface area contributed by atoms with Gasteiger partial charge >= 0.3 is 0 Å². The van der Waals surface area contributed by atoms with Crippen molar-refractivity contribution in [2.75, 3.05) is 32.7 Å². The Balaban J connectivity index is 0.000000980. The highest BCUT2D eigenvalue weighted by Gasteiger charge is 2.47. The molecule has 0 spiro atoms. The minimum Gasteiger partial charge on any atom is -0.330 e. The molecule has 4 heteroatoms. The van der Waals surface area contributed by atoms with Gasteiger partial charge in [-0.3, -0.25) is 0 Å². The molecule has 0 aromatic carbocycles. The summed E-state index contributed by atoms with van der Waals surface area (Å²) in [5.41, 5.74) is 11.9. The molecule has 2 unspecified atom stereocenters. The minimum atomic E-state index is 0. The minimum absolute atomic E-state index is 0. The second-order valence-electron chi connectivity index (χ2n) is 4.68. The van der Waals surface area contributed by atoms with Gasteiger partial charge < -0.3 is 16.4 Å². The summed E-state index contributed by atoms with van der Waals surface area (Å²) >= 11 is 0. The van der Waals surface area contributed by atoms with Gasteiger partial charge in [0.1, 0.15) is 0 Å². The van der Waals surface area contributed by atoms with E-state index in [-0.39, 0.29) is 12.4 Å². The lowest BCUT2D eigenvalue weighted by molar-refractivity contribution is 0.252. The molecular formula is C10H22ClN3. The monoisotopic (exact) mass is 219 g/mol. The highest BCUT2D eigenvalue weighted by Crippen LogP contribution is 2.47. The van der Waals surface area contributed by atoms with Crippen LogP contribution in [0.4, 0.5) is 0 Å². The van der Waals surface area contributed by atoms with Crippen LogP contribution in [0.5, 0.6) is 0 Å². The second-order valence-corrected chi connectivity index (χ2v) is 4.68. The SMILES string of the molecule is Cl.NCCN1CC2CCCC2(CN)C1. The molecule has 1 aliphatic carbocycles. The van der Waals surface area contributed by atoms with Crippen molar-refractivity contribution in [2.24, 2.45) is 22.8 Å². The van der Waals surface area contributed by atoms with Crippen LogP contribution in [0.15, 0.2) is 0 Å². The Hall–Kier alpha value is 0.170. The van der Waals surface area contributed by atoms with E-state index in [0.717, 1.165) is 25.6 Å². The van der Waals surface area contributed by atoms with Gasteiger partial charge in [-0.15, -0.1) is 12.4 Å².